The first-order chi connectivity index (χ1) is 6.20. The number of aliphatic imine (C=N–C) groups is 2. The van der Waals surface area contributed by atoms with Crippen molar-refractivity contribution in [1.82, 2.24) is 0 Å². The van der Waals surface area contributed by atoms with Crippen LogP contribution in [-0.4, -0.2) is 18.9 Å². The molecular weight excluding hydrogens is 184 g/mol. The third-order valence-electron chi connectivity index (χ3n) is 1.82. The van der Waals surface area contributed by atoms with Crippen molar-refractivity contribution in [1.29, 1.82) is 0 Å². The van der Waals surface area contributed by atoms with Crippen LogP contribution in [0, 0.1) is 6.92 Å². The zero-order valence-electron chi connectivity index (χ0n) is 7.71. The summed E-state index contributed by atoms with van der Waals surface area (Å²) in [6.45, 7) is 5.46. The van der Waals surface area contributed by atoms with Crippen molar-refractivity contribution in [2.45, 2.75) is 6.92 Å². The van der Waals surface area contributed by atoms with Crippen molar-refractivity contribution in [3.63, 3.8) is 0 Å². The lowest BCUT2D eigenvalue weighted by Crippen LogP contribution is -1.95. The summed E-state index contributed by atoms with van der Waals surface area (Å²) in [6, 6.07) is 5.75. The Hall–Kier alpha value is -1.15. The number of benzene rings is 1. The number of hydrogen-bond donors (Lipinski definition) is 0. The predicted molar refractivity (Wildman–Crippen MR) is 58.7 cm³/mol. The lowest BCUT2D eigenvalue weighted by atomic mass is 10.1. The summed E-state index contributed by atoms with van der Waals surface area (Å²) >= 11 is 5.94. The molecule has 0 unspecified atom stereocenters. The molecule has 0 aliphatic carbocycles. The third kappa shape index (κ3) is 1.95. The number of rotatable bonds is 2. The highest BCUT2D eigenvalue weighted by molar-refractivity contribution is 6.70. The maximum Gasteiger partial charge on any atom is 0.133 e. The lowest BCUT2D eigenvalue weighted by molar-refractivity contribution is 1.38. The molecule has 0 aromatic heterocycles. The van der Waals surface area contributed by atoms with Gasteiger partial charge in [0.05, 0.1) is 5.69 Å². The molecule has 0 spiro atoms. The summed E-state index contributed by atoms with van der Waals surface area (Å²) in [6.07, 6.45) is 0. The van der Waals surface area contributed by atoms with E-state index < -0.39 is 0 Å². The number of halogens is 1. The minimum atomic E-state index is 0.473. The van der Waals surface area contributed by atoms with Crippen LogP contribution in [0.1, 0.15) is 11.1 Å². The highest BCUT2D eigenvalue weighted by Crippen LogP contribution is 2.24. The molecule has 1 rings (SSSR count). The molecule has 0 fully saturated rings. The number of aryl methyl sites for hydroxylation is 1. The first kappa shape index (κ1) is 9.93. The molecule has 0 N–H and O–H groups in total. The van der Waals surface area contributed by atoms with Crippen LogP contribution in [0.5, 0.6) is 0 Å². The van der Waals surface area contributed by atoms with E-state index in [1.165, 1.54) is 0 Å². The molecule has 0 heterocycles. The predicted octanol–water partition coefficient (Wildman–Crippen LogP) is 2.94. The van der Waals surface area contributed by atoms with Crippen molar-refractivity contribution >= 4 is 29.2 Å². The van der Waals surface area contributed by atoms with Gasteiger partial charge < -0.3 is 0 Å². The molecule has 13 heavy (non-hydrogen) atoms. The molecule has 0 aliphatic rings. The fraction of sp³-hybridized carbons (Fsp3) is 0.200. The van der Waals surface area contributed by atoms with E-state index in [0.717, 1.165) is 16.8 Å². The average Bonchev–Trinajstić information content (AvgIpc) is 2.16. The topological polar surface area (TPSA) is 24.7 Å². The monoisotopic (exact) mass is 194 g/mol. The summed E-state index contributed by atoms with van der Waals surface area (Å²) in [5, 5.41) is 0.473. The normalized spacial score (nSPS) is 11.5. The van der Waals surface area contributed by atoms with E-state index >= 15 is 0 Å². The van der Waals surface area contributed by atoms with Gasteiger partial charge in [0.25, 0.3) is 0 Å². The highest BCUT2D eigenvalue weighted by atomic mass is 35.5. The van der Waals surface area contributed by atoms with E-state index in [2.05, 4.69) is 16.7 Å². The molecule has 0 aliphatic heterocycles. The lowest BCUT2D eigenvalue weighted by Gasteiger charge is -2.05. The van der Waals surface area contributed by atoms with Gasteiger partial charge in [-0.05, 0) is 25.3 Å². The van der Waals surface area contributed by atoms with E-state index in [4.69, 9.17) is 11.6 Å². The molecule has 0 bridgehead atoms. The fourth-order valence-electron chi connectivity index (χ4n) is 1.16. The molecule has 1 aromatic carbocycles. The number of nitrogens with zero attached hydrogens (tertiary/aromatic N) is 2. The van der Waals surface area contributed by atoms with E-state index in [-0.39, 0.29) is 0 Å². The Morgan fingerprint density at radius 3 is 2.69 bits per heavy atom. The van der Waals surface area contributed by atoms with Crippen LogP contribution < -0.4 is 0 Å². The second kappa shape index (κ2) is 4.19. The smallest absolute Gasteiger partial charge is 0.133 e. The summed E-state index contributed by atoms with van der Waals surface area (Å²) in [5.74, 6) is 0. The Morgan fingerprint density at radius 2 is 2.15 bits per heavy atom. The Morgan fingerprint density at radius 1 is 1.46 bits per heavy atom. The van der Waals surface area contributed by atoms with Gasteiger partial charge in [0.15, 0.2) is 0 Å². The Labute approximate surface area is 83.0 Å². The van der Waals surface area contributed by atoms with Gasteiger partial charge in [-0.2, -0.15) is 0 Å². The SMILES string of the molecule is C=Nc1cccc(C)c1/C(Cl)=N\C. The van der Waals surface area contributed by atoms with Gasteiger partial charge in [0, 0.05) is 12.6 Å². The molecule has 0 saturated carbocycles. The van der Waals surface area contributed by atoms with E-state index in [0.29, 0.717) is 5.17 Å². The molecule has 3 heteroatoms. The summed E-state index contributed by atoms with van der Waals surface area (Å²) in [7, 11) is 1.65. The largest absolute Gasteiger partial charge is 0.276 e. The van der Waals surface area contributed by atoms with Gasteiger partial charge in [-0.3, -0.25) is 9.98 Å². The van der Waals surface area contributed by atoms with Crippen LogP contribution in [0.15, 0.2) is 28.2 Å². The maximum atomic E-state index is 5.94. The third-order valence-corrected chi connectivity index (χ3v) is 2.18. The van der Waals surface area contributed by atoms with Crippen molar-refractivity contribution < 1.29 is 0 Å². The van der Waals surface area contributed by atoms with Gasteiger partial charge in [-0.25, -0.2) is 0 Å². The van der Waals surface area contributed by atoms with Gasteiger partial charge in [-0.1, -0.05) is 23.7 Å². The minimum absolute atomic E-state index is 0.473. The van der Waals surface area contributed by atoms with Crippen LogP contribution >= 0.6 is 11.6 Å². The maximum absolute atomic E-state index is 5.94. The Bertz CT molecular complexity index is 356. The molecule has 0 radical (unpaired) electrons. The summed E-state index contributed by atoms with van der Waals surface area (Å²) in [4.78, 5) is 7.81. The van der Waals surface area contributed by atoms with Gasteiger partial charge in [0.2, 0.25) is 0 Å². The zero-order valence-corrected chi connectivity index (χ0v) is 8.47. The molecule has 0 saturated heterocycles. The highest BCUT2D eigenvalue weighted by Gasteiger charge is 2.07. The molecule has 68 valence electrons. The van der Waals surface area contributed by atoms with E-state index in [9.17, 15) is 0 Å². The van der Waals surface area contributed by atoms with E-state index in [1.54, 1.807) is 7.05 Å². The Balaban J connectivity index is 3.39. The number of hydrogen-bond acceptors (Lipinski definition) is 2. The van der Waals surface area contributed by atoms with Gasteiger partial charge >= 0.3 is 0 Å². The van der Waals surface area contributed by atoms with E-state index in [1.807, 2.05) is 25.1 Å². The van der Waals surface area contributed by atoms with Crippen LogP contribution in [-0.2, 0) is 0 Å². The first-order valence-corrected chi connectivity index (χ1v) is 4.27. The standard InChI is InChI=1S/C10H11ClN2/c1-7-5-4-6-8(12-2)9(7)10(11)13-3/h4-6H,2H2,1,3H3/b13-10+. The molecule has 0 atom stereocenters. The molecule has 2 nitrogen and oxygen atoms in total. The van der Waals surface area contributed by atoms with Gasteiger partial charge in [0.1, 0.15) is 5.17 Å². The Kier molecular flexibility index (Phi) is 3.20. The van der Waals surface area contributed by atoms with Crippen molar-refractivity contribution in [3.8, 4) is 0 Å². The van der Waals surface area contributed by atoms with Crippen LogP contribution in [0.4, 0.5) is 5.69 Å². The van der Waals surface area contributed by atoms with Crippen LogP contribution in [0.25, 0.3) is 0 Å². The average molecular weight is 195 g/mol. The van der Waals surface area contributed by atoms with Gasteiger partial charge in [-0.15, -0.1) is 0 Å². The summed E-state index contributed by atoms with van der Waals surface area (Å²) in [5.41, 5.74) is 2.69. The summed E-state index contributed by atoms with van der Waals surface area (Å²) < 4.78 is 0. The minimum Gasteiger partial charge on any atom is -0.276 e. The second-order valence-corrected chi connectivity index (χ2v) is 3.00. The molecule has 1 aromatic rings. The fourth-order valence-corrected chi connectivity index (χ4v) is 1.41. The van der Waals surface area contributed by atoms with Crippen LogP contribution in [0.3, 0.4) is 0 Å². The van der Waals surface area contributed by atoms with Crippen molar-refractivity contribution in [2.75, 3.05) is 7.05 Å². The second-order valence-electron chi connectivity index (χ2n) is 2.64. The van der Waals surface area contributed by atoms with Crippen molar-refractivity contribution in [3.05, 3.63) is 29.3 Å². The molecule has 0 amide bonds. The zero-order chi connectivity index (χ0) is 9.84. The van der Waals surface area contributed by atoms with Crippen molar-refractivity contribution in [2.24, 2.45) is 9.98 Å². The quantitative estimate of drug-likeness (QED) is 0.647. The first-order valence-electron chi connectivity index (χ1n) is 3.89. The molecular formula is C10H11ClN2. The van der Waals surface area contributed by atoms with Crippen LogP contribution in [0.2, 0.25) is 0 Å².